The van der Waals surface area contributed by atoms with Crippen LogP contribution in [0.3, 0.4) is 0 Å². The summed E-state index contributed by atoms with van der Waals surface area (Å²) in [6.45, 7) is 4.70. The highest BCUT2D eigenvalue weighted by molar-refractivity contribution is 14.0. The van der Waals surface area contributed by atoms with Gasteiger partial charge in [-0.05, 0) is 48.9 Å². The van der Waals surface area contributed by atoms with Crippen molar-refractivity contribution in [2.45, 2.75) is 26.2 Å². The van der Waals surface area contributed by atoms with Crippen molar-refractivity contribution in [3.8, 4) is 0 Å². The van der Waals surface area contributed by atoms with Crippen LogP contribution in [0.15, 0.2) is 27.7 Å². The Balaban J connectivity index is 0.00000220. The quantitative estimate of drug-likeness (QED) is 0.415. The smallest absolute Gasteiger partial charge is 0.191 e. The first-order chi connectivity index (χ1) is 9.56. The lowest BCUT2D eigenvalue weighted by atomic mass is 10.0. The molecule has 3 nitrogen and oxygen atoms in total. The van der Waals surface area contributed by atoms with Crippen molar-refractivity contribution in [1.29, 1.82) is 0 Å². The molecule has 0 aliphatic carbocycles. The molecule has 2 N–H and O–H groups in total. The molecule has 1 aliphatic rings. The molecule has 0 bridgehead atoms. The Morgan fingerprint density at radius 1 is 1.52 bits per heavy atom. The Hall–Kier alpha value is -0.370. The summed E-state index contributed by atoms with van der Waals surface area (Å²) in [5, 5.41) is 0. The summed E-state index contributed by atoms with van der Waals surface area (Å²) in [5.41, 5.74) is 6.69. The molecule has 2 rings (SSSR count). The summed E-state index contributed by atoms with van der Waals surface area (Å²) in [7, 11) is 0. The number of hydrogen-bond donors (Lipinski definition) is 1. The van der Waals surface area contributed by atoms with E-state index in [1.807, 2.05) is 0 Å². The third-order valence-electron chi connectivity index (χ3n) is 3.64. The standard InChI is InChI=1S/C15H21BrFN3.HI/c1-11-3-2-8-20(10-11)15(18)19-7-6-12-9-13(16)4-5-14(12)17;/h4-5,9,11H,2-3,6-8,10H2,1H3,(H2,18,19);1H. The van der Waals surface area contributed by atoms with E-state index in [-0.39, 0.29) is 29.8 Å². The van der Waals surface area contributed by atoms with Crippen LogP contribution in [0.25, 0.3) is 0 Å². The fourth-order valence-corrected chi connectivity index (χ4v) is 2.93. The summed E-state index contributed by atoms with van der Waals surface area (Å²) in [5.74, 6) is 1.07. The van der Waals surface area contributed by atoms with Crippen molar-refractivity contribution in [2.75, 3.05) is 19.6 Å². The minimum absolute atomic E-state index is 0. The first kappa shape index (κ1) is 18.7. The summed E-state index contributed by atoms with van der Waals surface area (Å²) < 4.78 is 14.5. The maximum atomic E-state index is 13.6. The maximum Gasteiger partial charge on any atom is 0.191 e. The summed E-state index contributed by atoms with van der Waals surface area (Å²) >= 11 is 3.35. The van der Waals surface area contributed by atoms with E-state index in [0.717, 1.165) is 24.0 Å². The van der Waals surface area contributed by atoms with Crippen LogP contribution in [0.1, 0.15) is 25.3 Å². The van der Waals surface area contributed by atoms with Crippen molar-refractivity contribution in [2.24, 2.45) is 16.6 Å². The predicted octanol–water partition coefficient (Wildman–Crippen LogP) is 3.80. The molecule has 1 aromatic carbocycles. The summed E-state index contributed by atoms with van der Waals surface area (Å²) in [6, 6.07) is 4.97. The number of nitrogens with two attached hydrogens (primary N) is 1. The average Bonchev–Trinajstić information content (AvgIpc) is 2.42. The molecule has 0 radical (unpaired) electrons. The molecule has 1 aliphatic heterocycles. The highest BCUT2D eigenvalue weighted by atomic mass is 127. The molecule has 1 unspecified atom stereocenters. The molecule has 6 heteroatoms. The van der Waals surface area contributed by atoms with E-state index >= 15 is 0 Å². The topological polar surface area (TPSA) is 41.6 Å². The number of nitrogens with zero attached hydrogens (tertiary/aromatic N) is 2. The fraction of sp³-hybridized carbons (Fsp3) is 0.533. The predicted molar refractivity (Wildman–Crippen MR) is 99.7 cm³/mol. The summed E-state index contributed by atoms with van der Waals surface area (Å²) in [6.07, 6.45) is 2.99. The van der Waals surface area contributed by atoms with Crippen LogP contribution in [0.4, 0.5) is 4.39 Å². The molecular weight excluding hydrogens is 448 g/mol. The van der Waals surface area contributed by atoms with Crippen LogP contribution >= 0.6 is 39.9 Å². The number of piperidine rings is 1. The zero-order valence-corrected chi connectivity index (χ0v) is 16.1. The molecule has 1 atom stereocenters. The van der Waals surface area contributed by atoms with Gasteiger partial charge in [-0.3, -0.25) is 4.99 Å². The molecule has 21 heavy (non-hydrogen) atoms. The molecule has 118 valence electrons. The van der Waals surface area contributed by atoms with E-state index in [9.17, 15) is 4.39 Å². The van der Waals surface area contributed by atoms with Gasteiger partial charge in [0.25, 0.3) is 0 Å². The first-order valence-electron chi connectivity index (χ1n) is 7.05. The lowest BCUT2D eigenvalue weighted by Crippen LogP contribution is -2.43. The molecule has 1 heterocycles. The maximum absolute atomic E-state index is 13.6. The van der Waals surface area contributed by atoms with E-state index in [1.165, 1.54) is 12.5 Å². The monoisotopic (exact) mass is 469 g/mol. The van der Waals surface area contributed by atoms with Gasteiger partial charge in [0.05, 0.1) is 0 Å². The zero-order chi connectivity index (χ0) is 14.5. The molecular formula is C15H22BrFIN3. The lowest BCUT2D eigenvalue weighted by Gasteiger charge is -2.31. The van der Waals surface area contributed by atoms with Gasteiger partial charge in [-0.1, -0.05) is 22.9 Å². The van der Waals surface area contributed by atoms with Gasteiger partial charge in [0.15, 0.2) is 5.96 Å². The Bertz CT molecular complexity index is 496. The SMILES string of the molecule is CC1CCCN(C(N)=NCCc2cc(Br)ccc2F)C1.I. The van der Waals surface area contributed by atoms with Crippen LogP contribution in [0.2, 0.25) is 0 Å². The second-order valence-electron chi connectivity index (χ2n) is 5.42. The van der Waals surface area contributed by atoms with Crippen molar-refractivity contribution in [1.82, 2.24) is 4.90 Å². The molecule has 0 saturated carbocycles. The Labute approximate surface area is 151 Å². The number of benzene rings is 1. The van der Waals surface area contributed by atoms with E-state index in [1.54, 1.807) is 12.1 Å². The minimum atomic E-state index is -0.187. The Morgan fingerprint density at radius 3 is 3.00 bits per heavy atom. The van der Waals surface area contributed by atoms with E-state index in [4.69, 9.17) is 5.73 Å². The van der Waals surface area contributed by atoms with Gasteiger partial charge in [-0.15, -0.1) is 24.0 Å². The van der Waals surface area contributed by atoms with Crippen molar-refractivity contribution >= 4 is 45.9 Å². The Kier molecular flexibility index (Phi) is 7.94. The highest BCUT2D eigenvalue weighted by Gasteiger charge is 2.17. The second-order valence-corrected chi connectivity index (χ2v) is 6.33. The van der Waals surface area contributed by atoms with E-state index in [0.29, 0.717) is 30.4 Å². The van der Waals surface area contributed by atoms with Gasteiger partial charge in [0.1, 0.15) is 5.82 Å². The molecule has 1 fully saturated rings. The summed E-state index contributed by atoms with van der Waals surface area (Å²) in [4.78, 5) is 6.52. The molecule has 1 saturated heterocycles. The largest absolute Gasteiger partial charge is 0.370 e. The van der Waals surface area contributed by atoms with Gasteiger partial charge < -0.3 is 10.6 Å². The number of hydrogen-bond acceptors (Lipinski definition) is 1. The minimum Gasteiger partial charge on any atom is -0.370 e. The van der Waals surface area contributed by atoms with Gasteiger partial charge in [-0.25, -0.2) is 4.39 Å². The van der Waals surface area contributed by atoms with Crippen molar-refractivity contribution < 1.29 is 4.39 Å². The van der Waals surface area contributed by atoms with Gasteiger partial charge in [-0.2, -0.15) is 0 Å². The van der Waals surface area contributed by atoms with Crippen LogP contribution in [-0.4, -0.2) is 30.5 Å². The number of rotatable bonds is 3. The molecule has 0 amide bonds. The number of aliphatic imine (C=N–C) groups is 1. The first-order valence-corrected chi connectivity index (χ1v) is 7.84. The van der Waals surface area contributed by atoms with Crippen LogP contribution in [-0.2, 0) is 6.42 Å². The van der Waals surface area contributed by atoms with Crippen LogP contribution in [0.5, 0.6) is 0 Å². The second kappa shape index (κ2) is 8.92. The third kappa shape index (κ3) is 5.73. The number of halogens is 3. The number of guanidine groups is 1. The molecule has 0 aromatic heterocycles. The third-order valence-corrected chi connectivity index (χ3v) is 4.14. The van der Waals surface area contributed by atoms with Gasteiger partial charge in [0, 0.05) is 24.1 Å². The normalized spacial score (nSPS) is 19.3. The van der Waals surface area contributed by atoms with Crippen LogP contribution in [0, 0.1) is 11.7 Å². The highest BCUT2D eigenvalue weighted by Crippen LogP contribution is 2.17. The van der Waals surface area contributed by atoms with Crippen LogP contribution < -0.4 is 5.73 Å². The number of likely N-dealkylation sites (tertiary alicyclic amines) is 1. The van der Waals surface area contributed by atoms with Gasteiger partial charge >= 0.3 is 0 Å². The van der Waals surface area contributed by atoms with Gasteiger partial charge in [0.2, 0.25) is 0 Å². The zero-order valence-electron chi connectivity index (χ0n) is 12.2. The van der Waals surface area contributed by atoms with Crippen molar-refractivity contribution in [3.05, 3.63) is 34.1 Å². The molecule has 0 spiro atoms. The molecule has 1 aromatic rings. The lowest BCUT2D eigenvalue weighted by molar-refractivity contribution is 0.270. The Morgan fingerprint density at radius 2 is 2.29 bits per heavy atom. The van der Waals surface area contributed by atoms with E-state index in [2.05, 4.69) is 32.7 Å². The van der Waals surface area contributed by atoms with Crippen molar-refractivity contribution in [3.63, 3.8) is 0 Å². The fourth-order valence-electron chi connectivity index (χ4n) is 2.52. The average molecular weight is 470 g/mol. The van der Waals surface area contributed by atoms with E-state index < -0.39 is 0 Å².